The third kappa shape index (κ3) is 5.16. The zero-order chi connectivity index (χ0) is 11.0. The van der Waals surface area contributed by atoms with Gasteiger partial charge in [0.2, 0.25) is 5.91 Å². The summed E-state index contributed by atoms with van der Waals surface area (Å²) < 4.78 is 0. The summed E-state index contributed by atoms with van der Waals surface area (Å²) in [5, 5.41) is 8.69. The smallest absolute Gasteiger partial charge is 0.235 e. The molecule has 0 spiro atoms. The van der Waals surface area contributed by atoms with Crippen molar-refractivity contribution in [1.82, 2.24) is 10.3 Å². The molecule has 0 aromatic rings. The minimum absolute atomic E-state index is 0.153. The van der Waals surface area contributed by atoms with E-state index in [1.54, 1.807) is 0 Å². The number of hydrogen-bond donors (Lipinski definition) is 3. The maximum atomic E-state index is 11.0. The van der Waals surface area contributed by atoms with Gasteiger partial charge >= 0.3 is 0 Å². The first-order chi connectivity index (χ1) is 6.65. The first kappa shape index (κ1) is 13.4. The summed E-state index contributed by atoms with van der Waals surface area (Å²) >= 11 is 0. The number of amides is 1. The molecule has 0 heterocycles. The van der Waals surface area contributed by atoms with E-state index in [-0.39, 0.29) is 18.6 Å². The van der Waals surface area contributed by atoms with Crippen LogP contribution in [0.3, 0.4) is 0 Å². The fourth-order valence-electron chi connectivity index (χ4n) is 1.42. The Bertz CT molecular complexity index is 164. The highest BCUT2D eigenvalue weighted by Gasteiger charge is 2.14. The summed E-state index contributed by atoms with van der Waals surface area (Å²) in [6, 6.07) is 0.162. The number of hydrazine groups is 1. The molecule has 0 bridgehead atoms. The number of nitrogens with zero attached hydrogens (tertiary/aromatic N) is 1. The Labute approximate surface area is 85.2 Å². The first-order valence-electron chi connectivity index (χ1n) is 5.00. The van der Waals surface area contributed by atoms with E-state index < -0.39 is 0 Å². The molecule has 0 aliphatic heterocycles. The summed E-state index contributed by atoms with van der Waals surface area (Å²) in [5.74, 6) is 4.85. The Hall–Kier alpha value is -0.650. The van der Waals surface area contributed by atoms with Crippen LogP contribution >= 0.6 is 0 Å². The van der Waals surface area contributed by atoms with E-state index in [0.717, 1.165) is 19.5 Å². The molecule has 0 rings (SSSR count). The zero-order valence-electron chi connectivity index (χ0n) is 8.99. The van der Waals surface area contributed by atoms with Gasteiger partial charge in [-0.2, -0.15) is 0 Å². The second kappa shape index (κ2) is 7.73. The number of rotatable bonds is 7. The fourth-order valence-corrected chi connectivity index (χ4v) is 1.42. The monoisotopic (exact) mass is 203 g/mol. The Morgan fingerprint density at radius 1 is 1.64 bits per heavy atom. The van der Waals surface area contributed by atoms with Gasteiger partial charge in [-0.15, -0.1) is 0 Å². The molecule has 84 valence electrons. The van der Waals surface area contributed by atoms with Gasteiger partial charge in [0.15, 0.2) is 0 Å². The van der Waals surface area contributed by atoms with Gasteiger partial charge in [0.05, 0.1) is 0 Å². The van der Waals surface area contributed by atoms with Gasteiger partial charge in [0.1, 0.15) is 0 Å². The Balaban J connectivity index is 3.90. The van der Waals surface area contributed by atoms with Crippen LogP contribution in [0.25, 0.3) is 0 Å². The molecule has 0 aromatic carbocycles. The number of aliphatic hydroxyl groups excluding tert-OH is 1. The average molecular weight is 203 g/mol. The predicted molar refractivity (Wildman–Crippen MR) is 55.4 cm³/mol. The van der Waals surface area contributed by atoms with Crippen molar-refractivity contribution >= 4 is 5.91 Å². The minimum atomic E-state index is -0.153. The van der Waals surface area contributed by atoms with Crippen molar-refractivity contribution < 1.29 is 9.90 Å². The molecule has 1 atom stereocenters. The normalized spacial score (nSPS) is 12.9. The van der Waals surface area contributed by atoms with E-state index in [2.05, 4.69) is 10.3 Å². The van der Waals surface area contributed by atoms with Crippen molar-refractivity contribution in [3.63, 3.8) is 0 Å². The molecule has 0 saturated heterocycles. The number of hydrogen-bond acceptors (Lipinski definition) is 4. The summed E-state index contributed by atoms with van der Waals surface area (Å²) in [6.07, 6.45) is 1.14. The van der Waals surface area contributed by atoms with Gasteiger partial charge in [-0.25, -0.2) is 5.84 Å². The van der Waals surface area contributed by atoms with Crippen molar-refractivity contribution in [3.05, 3.63) is 0 Å². The lowest BCUT2D eigenvalue weighted by Crippen LogP contribution is -2.40. The highest BCUT2D eigenvalue weighted by Crippen LogP contribution is 2.04. The van der Waals surface area contributed by atoms with E-state index in [0.29, 0.717) is 6.42 Å². The van der Waals surface area contributed by atoms with Crippen LogP contribution in [0.4, 0.5) is 0 Å². The number of nitrogens with one attached hydrogen (secondary N) is 1. The highest BCUT2D eigenvalue weighted by atomic mass is 16.3. The van der Waals surface area contributed by atoms with Crippen LogP contribution < -0.4 is 11.3 Å². The van der Waals surface area contributed by atoms with Gasteiger partial charge in [-0.3, -0.25) is 10.2 Å². The minimum Gasteiger partial charge on any atom is -0.396 e. The molecule has 0 radical (unpaired) electrons. The van der Waals surface area contributed by atoms with Crippen LogP contribution in [-0.4, -0.2) is 41.7 Å². The summed E-state index contributed by atoms with van der Waals surface area (Å²) in [4.78, 5) is 13.1. The summed E-state index contributed by atoms with van der Waals surface area (Å²) in [6.45, 7) is 5.89. The SMILES string of the molecule is CCN(CCCO)C(C)CC(=O)NN. The third-order valence-electron chi connectivity index (χ3n) is 2.27. The lowest BCUT2D eigenvalue weighted by molar-refractivity contribution is -0.122. The van der Waals surface area contributed by atoms with Crippen LogP contribution in [0.1, 0.15) is 26.7 Å². The lowest BCUT2D eigenvalue weighted by Gasteiger charge is -2.26. The van der Waals surface area contributed by atoms with Gasteiger partial charge < -0.3 is 10.0 Å². The quantitative estimate of drug-likeness (QED) is 0.295. The molecule has 0 aromatic heterocycles. The molecule has 1 unspecified atom stereocenters. The second-order valence-electron chi connectivity index (χ2n) is 3.33. The number of carbonyl (C=O) groups is 1. The topological polar surface area (TPSA) is 78.6 Å². The molecule has 0 fully saturated rings. The molecular formula is C9H21N3O2. The zero-order valence-corrected chi connectivity index (χ0v) is 8.99. The maximum Gasteiger partial charge on any atom is 0.235 e. The van der Waals surface area contributed by atoms with Gasteiger partial charge in [-0.1, -0.05) is 6.92 Å². The molecule has 5 heteroatoms. The number of carbonyl (C=O) groups excluding carboxylic acids is 1. The van der Waals surface area contributed by atoms with Crippen LogP contribution in [0.5, 0.6) is 0 Å². The molecule has 5 nitrogen and oxygen atoms in total. The van der Waals surface area contributed by atoms with Crippen LogP contribution in [0, 0.1) is 0 Å². The van der Waals surface area contributed by atoms with E-state index in [1.807, 2.05) is 13.8 Å². The Morgan fingerprint density at radius 2 is 2.29 bits per heavy atom. The first-order valence-corrected chi connectivity index (χ1v) is 5.00. The molecule has 14 heavy (non-hydrogen) atoms. The van der Waals surface area contributed by atoms with Gasteiger partial charge in [-0.05, 0) is 19.9 Å². The molecule has 0 aliphatic carbocycles. The molecular weight excluding hydrogens is 182 g/mol. The van der Waals surface area contributed by atoms with E-state index in [1.165, 1.54) is 0 Å². The molecule has 4 N–H and O–H groups in total. The highest BCUT2D eigenvalue weighted by molar-refractivity contribution is 5.75. The molecule has 0 aliphatic rings. The third-order valence-corrected chi connectivity index (χ3v) is 2.27. The molecule has 0 saturated carbocycles. The van der Waals surface area contributed by atoms with Gasteiger partial charge in [0.25, 0.3) is 0 Å². The fraction of sp³-hybridized carbons (Fsp3) is 0.889. The number of nitrogens with two attached hydrogens (primary N) is 1. The van der Waals surface area contributed by atoms with Crippen molar-refractivity contribution in [2.75, 3.05) is 19.7 Å². The Morgan fingerprint density at radius 3 is 2.71 bits per heavy atom. The second-order valence-corrected chi connectivity index (χ2v) is 3.33. The van der Waals surface area contributed by atoms with Crippen LogP contribution in [0.15, 0.2) is 0 Å². The van der Waals surface area contributed by atoms with Crippen molar-refractivity contribution in [3.8, 4) is 0 Å². The maximum absolute atomic E-state index is 11.0. The van der Waals surface area contributed by atoms with Crippen LogP contribution in [-0.2, 0) is 4.79 Å². The van der Waals surface area contributed by atoms with Crippen molar-refractivity contribution in [2.45, 2.75) is 32.7 Å². The molecule has 1 amide bonds. The standard InChI is InChI=1S/C9H21N3O2/c1-3-12(5-4-6-13)8(2)7-9(14)11-10/h8,13H,3-7,10H2,1-2H3,(H,11,14). The van der Waals surface area contributed by atoms with Gasteiger partial charge in [0, 0.05) is 25.6 Å². The van der Waals surface area contributed by atoms with E-state index in [9.17, 15) is 4.79 Å². The average Bonchev–Trinajstić information content (AvgIpc) is 2.18. The Kier molecular flexibility index (Phi) is 7.37. The predicted octanol–water partition coefficient (Wildman–Crippen LogP) is -0.541. The summed E-state index contributed by atoms with van der Waals surface area (Å²) in [5.41, 5.74) is 2.12. The lowest BCUT2D eigenvalue weighted by atomic mass is 10.2. The van der Waals surface area contributed by atoms with Crippen LogP contribution in [0.2, 0.25) is 0 Å². The van der Waals surface area contributed by atoms with E-state index >= 15 is 0 Å². The number of aliphatic hydroxyl groups is 1. The largest absolute Gasteiger partial charge is 0.396 e. The van der Waals surface area contributed by atoms with Crippen molar-refractivity contribution in [2.24, 2.45) is 5.84 Å². The summed E-state index contributed by atoms with van der Waals surface area (Å²) in [7, 11) is 0. The van der Waals surface area contributed by atoms with Crippen molar-refractivity contribution in [1.29, 1.82) is 0 Å². The van der Waals surface area contributed by atoms with E-state index in [4.69, 9.17) is 10.9 Å².